The highest BCUT2D eigenvalue weighted by Crippen LogP contribution is 2.28. The molecule has 3 aromatic rings. The van der Waals surface area contributed by atoms with Crippen LogP contribution in [0.1, 0.15) is 34.7 Å². The number of nitro groups is 1. The smallest absolute Gasteiger partial charge is 0.280 e. The first-order valence-corrected chi connectivity index (χ1v) is 8.54. The monoisotopic (exact) mass is 463 g/mol. The molecule has 1 amide bonds. The summed E-state index contributed by atoms with van der Waals surface area (Å²) >= 11 is 0. The number of carbonyl (C=O) groups is 1. The van der Waals surface area contributed by atoms with Gasteiger partial charge in [-0.2, -0.15) is 5.10 Å². The SMILES string of the molecule is O=C(Nc1cc(OCC(F)F)cc([N+](=O)[O-])c1)c1cc2nc(C(F)F)cc(C(F)F)n2n1. The van der Waals surface area contributed by atoms with E-state index < -0.39 is 65.1 Å². The molecule has 15 heteroatoms. The predicted octanol–water partition coefficient (Wildman–Crippen LogP) is 4.41. The zero-order valence-corrected chi connectivity index (χ0v) is 15.5. The van der Waals surface area contributed by atoms with Crippen molar-refractivity contribution < 1.29 is 40.8 Å². The third-order valence-electron chi connectivity index (χ3n) is 3.89. The molecule has 32 heavy (non-hydrogen) atoms. The van der Waals surface area contributed by atoms with E-state index in [0.717, 1.165) is 24.3 Å². The van der Waals surface area contributed by atoms with E-state index in [-0.39, 0.29) is 11.4 Å². The Morgan fingerprint density at radius 3 is 2.41 bits per heavy atom. The Bertz CT molecular complexity index is 1170. The zero-order valence-electron chi connectivity index (χ0n) is 15.5. The largest absolute Gasteiger partial charge is 0.487 e. The lowest BCUT2D eigenvalue weighted by atomic mass is 10.2. The molecular formula is C17H11F6N5O4. The van der Waals surface area contributed by atoms with Gasteiger partial charge in [0.2, 0.25) is 0 Å². The maximum atomic E-state index is 13.2. The Morgan fingerprint density at radius 2 is 1.81 bits per heavy atom. The van der Waals surface area contributed by atoms with Crippen LogP contribution in [-0.4, -0.2) is 38.5 Å². The van der Waals surface area contributed by atoms with Gasteiger partial charge in [0.25, 0.3) is 30.9 Å². The molecule has 1 aromatic carbocycles. The van der Waals surface area contributed by atoms with Crippen LogP contribution in [0.4, 0.5) is 37.7 Å². The topological polar surface area (TPSA) is 112 Å². The van der Waals surface area contributed by atoms with Crippen LogP contribution in [0, 0.1) is 10.1 Å². The summed E-state index contributed by atoms with van der Waals surface area (Å²) in [5.41, 5.74) is -3.69. The summed E-state index contributed by atoms with van der Waals surface area (Å²) in [7, 11) is 0. The number of rotatable bonds is 8. The number of aromatic nitrogens is 3. The lowest BCUT2D eigenvalue weighted by Crippen LogP contribution is -2.14. The molecule has 0 saturated carbocycles. The molecule has 0 aliphatic carbocycles. The molecule has 0 aliphatic rings. The van der Waals surface area contributed by atoms with E-state index in [4.69, 9.17) is 4.74 Å². The fourth-order valence-electron chi connectivity index (χ4n) is 2.59. The molecule has 0 unspecified atom stereocenters. The maximum absolute atomic E-state index is 13.2. The summed E-state index contributed by atoms with van der Waals surface area (Å²) in [6.45, 7) is -1.06. The summed E-state index contributed by atoms with van der Waals surface area (Å²) in [5, 5.41) is 16.8. The van der Waals surface area contributed by atoms with Crippen molar-refractivity contribution in [3.8, 4) is 5.75 Å². The van der Waals surface area contributed by atoms with Gasteiger partial charge < -0.3 is 10.1 Å². The molecule has 0 saturated heterocycles. The maximum Gasteiger partial charge on any atom is 0.280 e. The molecule has 0 aliphatic heterocycles. The Morgan fingerprint density at radius 1 is 1.09 bits per heavy atom. The number of hydrogen-bond donors (Lipinski definition) is 1. The highest BCUT2D eigenvalue weighted by atomic mass is 19.3. The average Bonchev–Trinajstić information content (AvgIpc) is 3.15. The second-order valence-corrected chi connectivity index (χ2v) is 6.14. The van der Waals surface area contributed by atoms with Crippen LogP contribution in [0.25, 0.3) is 5.65 Å². The number of anilines is 1. The van der Waals surface area contributed by atoms with E-state index in [1.54, 1.807) is 0 Å². The number of alkyl halides is 6. The second-order valence-electron chi connectivity index (χ2n) is 6.14. The van der Waals surface area contributed by atoms with Gasteiger partial charge in [-0.3, -0.25) is 14.9 Å². The molecule has 0 bridgehead atoms. The number of benzene rings is 1. The van der Waals surface area contributed by atoms with Gasteiger partial charge in [-0.05, 0) is 6.07 Å². The summed E-state index contributed by atoms with van der Waals surface area (Å²) in [4.78, 5) is 26.1. The van der Waals surface area contributed by atoms with Crippen molar-refractivity contribution in [3.63, 3.8) is 0 Å². The summed E-state index contributed by atoms with van der Waals surface area (Å²) in [6, 6.07) is 4.07. The lowest BCUT2D eigenvalue weighted by Gasteiger charge is -2.08. The van der Waals surface area contributed by atoms with Gasteiger partial charge in [0.1, 0.15) is 23.7 Å². The Labute approximate surface area is 173 Å². The minimum Gasteiger partial charge on any atom is -0.487 e. The van der Waals surface area contributed by atoms with E-state index in [9.17, 15) is 41.3 Å². The molecule has 0 fully saturated rings. The van der Waals surface area contributed by atoms with Gasteiger partial charge in [-0.1, -0.05) is 0 Å². The van der Waals surface area contributed by atoms with Gasteiger partial charge in [0.05, 0.1) is 16.7 Å². The number of carbonyl (C=O) groups excluding carboxylic acids is 1. The molecule has 0 radical (unpaired) electrons. The highest BCUT2D eigenvalue weighted by molar-refractivity contribution is 6.03. The lowest BCUT2D eigenvalue weighted by molar-refractivity contribution is -0.384. The predicted molar refractivity (Wildman–Crippen MR) is 95.4 cm³/mol. The molecular weight excluding hydrogens is 452 g/mol. The van der Waals surface area contributed by atoms with E-state index in [0.29, 0.717) is 10.6 Å². The number of amides is 1. The number of nitrogens with zero attached hydrogens (tertiary/aromatic N) is 4. The number of halogens is 6. The number of non-ortho nitro benzene ring substituents is 1. The van der Waals surface area contributed by atoms with Crippen molar-refractivity contribution in [2.24, 2.45) is 0 Å². The van der Waals surface area contributed by atoms with Gasteiger partial charge in [-0.25, -0.2) is 35.8 Å². The number of ether oxygens (including phenoxy) is 1. The molecule has 9 nitrogen and oxygen atoms in total. The first-order valence-electron chi connectivity index (χ1n) is 8.54. The Kier molecular flexibility index (Phi) is 6.45. The fourth-order valence-corrected chi connectivity index (χ4v) is 2.59. The highest BCUT2D eigenvalue weighted by Gasteiger charge is 2.22. The van der Waals surface area contributed by atoms with Crippen molar-refractivity contribution in [1.29, 1.82) is 0 Å². The van der Waals surface area contributed by atoms with Crippen LogP contribution >= 0.6 is 0 Å². The molecule has 170 valence electrons. The van der Waals surface area contributed by atoms with Gasteiger partial charge in [-0.15, -0.1) is 0 Å². The molecule has 0 atom stereocenters. The van der Waals surface area contributed by atoms with Gasteiger partial charge in [0.15, 0.2) is 11.3 Å². The number of nitro benzene ring substituents is 1. The molecule has 0 spiro atoms. The van der Waals surface area contributed by atoms with Crippen molar-refractivity contribution in [1.82, 2.24) is 14.6 Å². The number of hydrogen-bond acceptors (Lipinski definition) is 6. The number of fused-ring (bicyclic) bond motifs is 1. The molecule has 2 aromatic heterocycles. The molecule has 3 rings (SSSR count). The average molecular weight is 463 g/mol. The van der Waals surface area contributed by atoms with E-state index in [1.807, 2.05) is 0 Å². The second kappa shape index (κ2) is 9.07. The van der Waals surface area contributed by atoms with E-state index in [2.05, 4.69) is 15.4 Å². The van der Waals surface area contributed by atoms with Crippen LogP contribution < -0.4 is 10.1 Å². The minimum absolute atomic E-state index is 0.249. The van der Waals surface area contributed by atoms with Crippen LogP contribution in [0.3, 0.4) is 0 Å². The van der Waals surface area contributed by atoms with Crippen LogP contribution in [0.2, 0.25) is 0 Å². The summed E-state index contributed by atoms with van der Waals surface area (Å²) < 4.78 is 82.2. The quantitative estimate of drug-likeness (QED) is 0.301. The van der Waals surface area contributed by atoms with Gasteiger partial charge in [0, 0.05) is 18.2 Å². The fraction of sp³-hybridized carbons (Fsp3) is 0.235. The van der Waals surface area contributed by atoms with Crippen LogP contribution in [-0.2, 0) is 0 Å². The summed E-state index contributed by atoms with van der Waals surface area (Å²) in [5.74, 6) is -1.40. The van der Waals surface area contributed by atoms with E-state index in [1.165, 1.54) is 0 Å². The van der Waals surface area contributed by atoms with Crippen molar-refractivity contribution in [2.75, 3.05) is 11.9 Å². The van der Waals surface area contributed by atoms with E-state index >= 15 is 0 Å². The first kappa shape index (κ1) is 22.8. The van der Waals surface area contributed by atoms with Crippen LogP contribution in [0.15, 0.2) is 30.3 Å². The zero-order chi connectivity index (χ0) is 23.6. The Hall–Kier alpha value is -3.91. The van der Waals surface area contributed by atoms with Crippen molar-refractivity contribution >= 4 is 22.9 Å². The first-order chi connectivity index (χ1) is 15.0. The third-order valence-corrected chi connectivity index (χ3v) is 3.89. The van der Waals surface area contributed by atoms with Gasteiger partial charge >= 0.3 is 0 Å². The molecule has 1 N–H and O–H groups in total. The third kappa shape index (κ3) is 5.04. The summed E-state index contributed by atoms with van der Waals surface area (Å²) in [6.07, 6.45) is -9.22. The Balaban J connectivity index is 1.94. The molecule has 2 heterocycles. The van der Waals surface area contributed by atoms with Crippen LogP contribution in [0.5, 0.6) is 5.75 Å². The van der Waals surface area contributed by atoms with Crippen molar-refractivity contribution in [2.45, 2.75) is 19.3 Å². The minimum atomic E-state index is -3.21. The van der Waals surface area contributed by atoms with Crippen molar-refractivity contribution in [3.05, 3.63) is 57.5 Å². The standard InChI is InChI=1S/C17H11F6N5O4/c18-13(19)6-32-9-2-7(1-8(3-9)28(30)31)24-17(29)11-5-14-25-10(15(20)21)4-12(16(22)23)27(14)26-11/h1-5,13,15-16H,6H2,(H,24,29). The normalized spacial score (nSPS) is 11.5. The number of nitrogens with one attached hydrogen (secondary N) is 1.